The van der Waals surface area contributed by atoms with E-state index in [0.717, 1.165) is 123 Å². The quantitative estimate of drug-likeness (QED) is 0.127. The zero-order chi connectivity index (χ0) is 93.3. The molecule has 115 heavy (non-hydrogen) atoms. The first-order valence-corrected chi connectivity index (χ1v) is 39.8. The van der Waals surface area contributed by atoms with Gasteiger partial charge in [-0.2, -0.15) is 0 Å². The topological polar surface area (TPSA) is 16.3 Å². The first-order chi connectivity index (χ1) is 61.8. The molecule has 2 aliphatic heterocycles. The average Bonchev–Trinajstić information content (AvgIpc) is 1.67. The van der Waals surface area contributed by atoms with Crippen molar-refractivity contribution in [2.45, 2.75) is 131 Å². The first kappa shape index (κ1) is 56.7. The summed E-state index contributed by atoms with van der Waals surface area (Å²) in [5.41, 5.74) is 21.6. The van der Waals surface area contributed by atoms with Crippen LogP contribution in [0, 0.1) is 0 Å². The van der Waals surface area contributed by atoms with Gasteiger partial charge in [-0.3, -0.25) is 0 Å². The molecule has 0 saturated carbocycles. The summed E-state index contributed by atoms with van der Waals surface area (Å²) in [6.07, 6.45) is 0. The molecule has 0 bridgehead atoms. The minimum atomic E-state index is -0.799. The normalized spacial score (nSPS) is 15.1. The van der Waals surface area contributed by atoms with E-state index in [1.54, 1.807) is 9.13 Å². The van der Waals surface area contributed by atoms with E-state index in [9.17, 15) is 21.9 Å². The molecule has 4 nitrogen and oxygen atoms in total. The molecule has 0 unspecified atom stereocenters. The molecule has 0 aliphatic carbocycles. The van der Waals surface area contributed by atoms with E-state index in [-0.39, 0.29) is 65.3 Å². The van der Waals surface area contributed by atoms with Crippen LogP contribution < -0.4 is 26.2 Å². The van der Waals surface area contributed by atoms with Gasteiger partial charge < -0.3 is 18.9 Å². The van der Waals surface area contributed by atoms with E-state index in [2.05, 4.69) is 308 Å². The van der Waals surface area contributed by atoms with Crippen molar-refractivity contribution >= 4 is 101 Å². The second kappa shape index (κ2) is 27.1. The Morgan fingerprint density at radius 2 is 0.504 bits per heavy atom. The van der Waals surface area contributed by atoms with Crippen molar-refractivity contribution in [1.82, 2.24) is 9.13 Å². The largest absolute Gasteiger partial charge is 0.310 e. The van der Waals surface area contributed by atoms with Crippen molar-refractivity contribution in [3.05, 3.63) is 355 Å². The standard InChI is InChI=1S/C110H99BN4/c1-106(2,3)78-40-26-34-72(62-78)70-32-24-36-74(60-70)85-48-30-50-87(76-38-28-42-80(64-76)108(7,8)9)104(85)114-99-68-83(112-95-52-20-16-44-89(95)90-45-17-21-53-96(90)112)56-58-93(99)111-94-59-57-84(113-97-54-22-18-46-91(97)92-47-19-23-55-98(92)113)69-100(94)115(102-67-82(110(13,14)15)66-101(114)103(102)111)105-86(49-31-51-88(105)77-39-29-43-81(65-77)109(10,11)12)75-37-25-33-71(61-75)73-35-27-41-79(63-73)107(4,5)6/h16-69H,1-15H3/i16D,17D,18D,19D,20D,21D,22D,23D,44D,45D,46D,47D,52D,53D,54D,55D. The molecular weight excluding hydrogens is 1390 g/mol. The average molecular weight is 1500 g/mol. The van der Waals surface area contributed by atoms with Gasteiger partial charge in [-0.05, 0) is 188 Å². The molecule has 2 aromatic heterocycles. The highest BCUT2D eigenvalue weighted by molar-refractivity contribution is 7.00. The molecule has 15 aromatic carbocycles. The lowest BCUT2D eigenvalue weighted by Crippen LogP contribution is -2.61. The van der Waals surface area contributed by atoms with E-state index in [0.29, 0.717) is 22.7 Å². The zero-order valence-corrected chi connectivity index (χ0v) is 67.8. The third-order valence-corrected chi connectivity index (χ3v) is 23.6. The zero-order valence-electron chi connectivity index (χ0n) is 83.8. The highest BCUT2D eigenvalue weighted by Crippen LogP contribution is 2.56. The third-order valence-electron chi connectivity index (χ3n) is 23.6. The molecule has 0 saturated heterocycles. The number of fused-ring (bicyclic) bond motifs is 10. The molecule has 0 atom stereocenters. The smallest absolute Gasteiger partial charge is 0.252 e. The lowest BCUT2D eigenvalue weighted by molar-refractivity contribution is 0.590. The highest BCUT2D eigenvalue weighted by atomic mass is 15.2. The van der Waals surface area contributed by atoms with Crippen LogP contribution in [-0.4, -0.2) is 15.8 Å². The van der Waals surface area contributed by atoms with Crippen LogP contribution in [0.3, 0.4) is 0 Å². The van der Waals surface area contributed by atoms with Gasteiger partial charge in [-0.15, -0.1) is 0 Å². The van der Waals surface area contributed by atoms with Crippen molar-refractivity contribution in [3.8, 4) is 78.1 Å². The Morgan fingerprint density at radius 3 is 0.817 bits per heavy atom. The van der Waals surface area contributed by atoms with E-state index in [1.807, 2.05) is 36.4 Å². The SMILES string of the molecule is [2H]c1c([2H])c([2H])c2c(c1[2H])c1c([2H])c([2H])c([2H])c([2H])c1n2-c1ccc2c(c1)N(c1c(-c3cccc(-c4cccc(C(C)(C)C)c4)c3)cccc1-c1cccc(C(C)(C)C)c1)c1cc(C(C)(C)C)cc3c1B2c1ccc(-n2c4c([2H])c([2H])c([2H])c([2H])c4c4c([2H])c([2H])c([2H])c([2H])c42)cc1N3c1c(-c2cccc(-c3cccc(C(C)(C)C)c3)c2)cccc1-c1cccc(C(C)(C)C)c1. The van der Waals surface area contributed by atoms with Crippen LogP contribution >= 0.6 is 0 Å². The van der Waals surface area contributed by atoms with Gasteiger partial charge in [0.25, 0.3) is 6.71 Å². The van der Waals surface area contributed by atoms with Gasteiger partial charge in [0.15, 0.2) is 0 Å². The van der Waals surface area contributed by atoms with E-state index in [1.165, 1.54) is 11.1 Å². The molecule has 2 aliphatic rings. The van der Waals surface area contributed by atoms with E-state index >= 15 is 0 Å². The van der Waals surface area contributed by atoms with Crippen LogP contribution in [0.2, 0.25) is 0 Å². The maximum atomic E-state index is 10.0. The third kappa shape index (κ3) is 12.5. The molecule has 562 valence electrons. The monoisotopic (exact) mass is 1500 g/mol. The molecule has 19 rings (SSSR count). The molecule has 0 N–H and O–H groups in total. The summed E-state index contributed by atoms with van der Waals surface area (Å²) in [5, 5.41) is -0.298. The van der Waals surface area contributed by atoms with Crippen LogP contribution in [0.5, 0.6) is 0 Å². The molecule has 0 radical (unpaired) electrons. The Hall–Kier alpha value is -12.4. The Labute approximate surface area is 702 Å². The van der Waals surface area contributed by atoms with Crippen LogP contribution in [0.1, 0.15) is 154 Å². The van der Waals surface area contributed by atoms with Crippen molar-refractivity contribution in [3.63, 3.8) is 0 Å². The summed E-state index contributed by atoms with van der Waals surface area (Å²) >= 11 is 0. The number of rotatable bonds is 10. The van der Waals surface area contributed by atoms with Crippen LogP contribution in [-0.2, 0) is 27.1 Å². The van der Waals surface area contributed by atoms with E-state index in [4.69, 9.17) is 0 Å². The summed E-state index contributed by atoms with van der Waals surface area (Å²) in [6.45, 7) is 32.3. The van der Waals surface area contributed by atoms with E-state index < -0.39 is 109 Å². The summed E-state index contributed by atoms with van der Waals surface area (Å²) in [5.74, 6) is 0. The number of aromatic nitrogens is 2. The Morgan fingerprint density at radius 1 is 0.243 bits per heavy atom. The fraction of sp³-hybridized carbons (Fsp3) is 0.182. The van der Waals surface area contributed by atoms with Crippen molar-refractivity contribution < 1.29 is 21.9 Å². The lowest BCUT2D eigenvalue weighted by Gasteiger charge is -2.46. The molecule has 5 heteroatoms. The summed E-state index contributed by atoms with van der Waals surface area (Å²) in [7, 11) is 0. The van der Waals surface area contributed by atoms with Crippen LogP contribution in [0.4, 0.5) is 34.1 Å². The molecule has 4 heterocycles. The predicted molar refractivity (Wildman–Crippen MR) is 495 cm³/mol. The number of hydrogen-bond donors (Lipinski definition) is 0. The summed E-state index contributed by atoms with van der Waals surface area (Å²) in [6, 6.07) is 73.3. The van der Waals surface area contributed by atoms with Gasteiger partial charge in [0.1, 0.15) is 0 Å². The summed E-state index contributed by atoms with van der Waals surface area (Å²) in [4.78, 5) is 4.74. The fourth-order valence-corrected chi connectivity index (χ4v) is 17.4. The molecular formula is C110H99BN4. The highest BCUT2D eigenvalue weighted by Gasteiger charge is 2.47. The minimum absolute atomic E-state index is 0.0529. The van der Waals surface area contributed by atoms with Gasteiger partial charge in [-0.25, -0.2) is 0 Å². The second-order valence-corrected chi connectivity index (χ2v) is 36.2. The lowest BCUT2D eigenvalue weighted by atomic mass is 9.33. The van der Waals surface area contributed by atoms with Crippen LogP contribution in [0.15, 0.2) is 327 Å². The summed E-state index contributed by atoms with van der Waals surface area (Å²) < 4.78 is 157. The number of nitrogens with zero attached hydrogens (tertiary/aromatic N) is 4. The number of hydrogen-bond acceptors (Lipinski definition) is 2. The van der Waals surface area contributed by atoms with Gasteiger partial charge in [0.2, 0.25) is 0 Å². The second-order valence-electron chi connectivity index (χ2n) is 36.2. The van der Waals surface area contributed by atoms with Crippen molar-refractivity contribution in [1.29, 1.82) is 0 Å². The maximum Gasteiger partial charge on any atom is 0.252 e. The number of anilines is 6. The first-order valence-electron chi connectivity index (χ1n) is 47.8. The molecule has 0 fully saturated rings. The molecule has 17 aromatic rings. The Kier molecular flexibility index (Phi) is 13.4. The van der Waals surface area contributed by atoms with Gasteiger partial charge in [-0.1, -0.05) is 358 Å². The predicted octanol–water partition coefficient (Wildman–Crippen LogP) is 28.5. The fourth-order valence-electron chi connectivity index (χ4n) is 17.4. The molecule has 0 spiro atoms. The number of benzene rings is 15. The Bertz CT molecular complexity index is 7200. The van der Waals surface area contributed by atoms with Gasteiger partial charge in [0, 0.05) is 77.9 Å². The van der Waals surface area contributed by atoms with Crippen molar-refractivity contribution in [2.24, 2.45) is 0 Å². The number of para-hydroxylation sites is 6. The van der Waals surface area contributed by atoms with Gasteiger partial charge >= 0.3 is 0 Å². The van der Waals surface area contributed by atoms with Crippen molar-refractivity contribution in [2.75, 3.05) is 9.80 Å². The van der Waals surface area contributed by atoms with Crippen LogP contribution in [0.25, 0.3) is 122 Å². The maximum absolute atomic E-state index is 10.0. The molecule has 0 amide bonds. The Balaban J connectivity index is 1.03. The minimum Gasteiger partial charge on any atom is -0.310 e. The van der Waals surface area contributed by atoms with Gasteiger partial charge in [0.05, 0.1) is 55.4 Å².